The van der Waals surface area contributed by atoms with Crippen molar-refractivity contribution in [3.63, 3.8) is 0 Å². The van der Waals surface area contributed by atoms with E-state index < -0.39 is 11.2 Å². The van der Waals surface area contributed by atoms with Crippen LogP contribution in [0.3, 0.4) is 0 Å². The van der Waals surface area contributed by atoms with E-state index >= 15 is 0 Å². The molecule has 1 atom stereocenters. The van der Waals surface area contributed by atoms with Crippen molar-refractivity contribution in [1.29, 1.82) is 0 Å². The van der Waals surface area contributed by atoms with Gasteiger partial charge in [0.15, 0.2) is 10.6 Å². The second-order valence-corrected chi connectivity index (χ2v) is 3.43. The predicted octanol–water partition coefficient (Wildman–Crippen LogP) is 0.870. The molecule has 0 aliphatic carbocycles. The minimum atomic E-state index is -1.15. The summed E-state index contributed by atoms with van der Waals surface area (Å²) in [6.07, 6.45) is 1.52. The first-order valence-corrected chi connectivity index (χ1v) is 4.78. The van der Waals surface area contributed by atoms with Gasteiger partial charge in [-0.3, -0.25) is 0 Å². The average Bonchev–Trinajstić information content (AvgIpc) is 2.05. The van der Waals surface area contributed by atoms with Gasteiger partial charge in [0.2, 0.25) is 0 Å². The smallest absolute Gasteiger partial charge is 0.423 e. The van der Waals surface area contributed by atoms with E-state index in [0.29, 0.717) is 10.6 Å². The van der Waals surface area contributed by atoms with E-state index in [1.807, 2.05) is 0 Å². The molecule has 0 aliphatic rings. The fraction of sp³-hybridized carbons (Fsp3) is 0.125. The fourth-order valence-electron chi connectivity index (χ4n) is 0.817. The molecule has 0 heterocycles. The maximum atomic E-state index is 11.0. The number of ether oxygens (including phenoxy) is 1. The Labute approximate surface area is 73.5 Å². The van der Waals surface area contributed by atoms with Crippen molar-refractivity contribution >= 4 is 17.6 Å². The molecule has 0 saturated heterocycles. The van der Waals surface area contributed by atoms with Crippen molar-refractivity contribution in [2.45, 2.75) is 4.90 Å². The van der Waals surface area contributed by atoms with Crippen molar-refractivity contribution in [1.82, 2.24) is 0 Å². The quantitative estimate of drug-likeness (QED) is 0.653. The number of benzene rings is 1. The summed E-state index contributed by atoms with van der Waals surface area (Å²) in [7, 11) is 0. The number of hydrogen-bond donors (Lipinski definition) is 0. The molecule has 0 amide bonds. The predicted molar refractivity (Wildman–Crippen MR) is 45.1 cm³/mol. The lowest BCUT2D eigenvalue weighted by molar-refractivity contribution is 0.436. The van der Waals surface area contributed by atoms with Gasteiger partial charge in [0.1, 0.15) is 6.26 Å². The third kappa shape index (κ3) is 1.99. The van der Waals surface area contributed by atoms with Gasteiger partial charge in [-0.2, -0.15) is 0 Å². The molecule has 1 aromatic rings. The number of para-hydroxylation sites is 1. The van der Waals surface area contributed by atoms with Crippen LogP contribution >= 0.6 is 0 Å². The Morgan fingerprint density at radius 3 is 2.75 bits per heavy atom. The lowest BCUT2D eigenvalue weighted by atomic mass is 10.3. The molecule has 0 bridgehead atoms. The lowest BCUT2D eigenvalue weighted by Crippen LogP contribution is -2.01. The molecule has 0 N–H and O–H groups in total. The van der Waals surface area contributed by atoms with Gasteiger partial charge in [0.25, 0.3) is 0 Å². The Balaban J connectivity index is 2.99. The molecule has 0 aromatic heterocycles. The van der Waals surface area contributed by atoms with Crippen molar-refractivity contribution < 1.29 is 14.1 Å². The molecule has 3 nitrogen and oxygen atoms in total. The Morgan fingerprint density at radius 2 is 2.17 bits per heavy atom. The molecule has 4 heteroatoms. The maximum Gasteiger partial charge on any atom is 0.423 e. The minimum Gasteiger partial charge on any atom is -0.612 e. The highest BCUT2D eigenvalue weighted by Crippen LogP contribution is 2.22. The number of hydrogen-bond acceptors (Lipinski definition) is 3. The van der Waals surface area contributed by atoms with Crippen LogP contribution in [-0.4, -0.2) is 17.3 Å². The zero-order valence-corrected chi connectivity index (χ0v) is 7.26. The summed E-state index contributed by atoms with van der Waals surface area (Å²) in [6, 6.07) is 6.64. The monoisotopic (exact) mass is 183 g/mol. The van der Waals surface area contributed by atoms with Gasteiger partial charge in [-0.25, -0.2) is 4.79 Å². The van der Waals surface area contributed by atoms with E-state index in [0.717, 1.165) is 0 Å². The third-order valence-corrected chi connectivity index (χ3v) is 2.27. The van der Waals surface area contributed by atoms with Gasteiger partial charge >= 0.3 is 6.47 Å². The lowest BCUT2D eigenvalue weighted by Gasteiger charge is -2.06. The van der Waals surface area contributed by atoms with Crippen molar-refractivity contribution in [3.05, 3.63) is 24.3 Å². The Kier molecular flexibility index (Phi) is 3.13. The molecule has 1 radical (unpaired) electrons. The van der Waals surface area contributed by atoms with Gasteiger partial charge in [-0.1, -0.05) is 12.1 Å². The van der Waals surface area contributed by atoms with E-state index in [1.54, 1.807) is 24.3 Å². The normalized spacial score (nSPS) is 12.2. The molecule has 0 saturated carbocycles. The van der Waals surface area contributed by atoms with Crippen LogP contribution in [-0.2, 0) is 16.0 Å². The van der Waals surface area contributed by atoms with Crippen LogP contribution in [0.25, 0.3) is 0 Å². The number of rotatable bonds is 3. The first-order valence-electron chi connectivity index (χ1n) is 3.22. The Bertz CT molecular complexity index is 273. The highest BCUT2D eigenvalue weighted by atomic mass is 32.2. The molecule has 0 spiro atoms. The molecule has 1 rings (SSSR count). The fourth-order valence-corrected chi connectivity index (χ4v) is 1.48. The minimum absolute atomic E-state index is 0.299. The molecule has 12 heavy (non-hydrogen) atoms. The van der Waals surface area contributed by atoms with Crippen LogP contribution in [0.5, 0.6) is 5.75 Å². The SMILES string of the molecule is C[S+]([O-])c1ccccc1O[C]=O. The third-order valence-electron chi connectivity index (χ3n) is 1.31. The molecule has 63 valence electrons. The van der Waals surface area contributed by atoms with E-state index in [2.05, 4.69) is 4.74 Å². The maximum absolute atomic E-state index is 11.0. The summed E-state index contributed by atoms with van der Waals surface area (Å²) >= 11 is -1.15. The molecule has 0 aliphatic heterocycles. The van der Waals surface area contributed by atoms with Crippen molar-refractivity contribution in [3.8, 4) is 5.75 Å². The Hall–Kier alpha value is -1.00. The van der Waals surface area contributed by atoms with E-state index in [9.17, 15) is 9.35 Å². The van der Waals surface area contributed by atoms with Gasteiger partial charge in [-0.05, 0) is 23.3 Å². The summed E-state index contributed by atoms with van der Waals surface area (Å²) < 4.78 is 15.5. The molecule has 1 aromatic carbocycles. The number of carbonyl (C=O) groups excluding carboxylic acids is 1. The van der Waals surface area contributed by atoms with Gasteiger partial charge in [0, 0.05) is 0 Å². The highest BCUT2D eigenvalue weighted by molar-refractivity contribution is 7.90. The van der Waals surface area contributed by atoms with Crippen molar-refractivity contribution in [2.75, 3.05) is 6.26 Å². The largest absolute Gasteiger partial charge is 0.612 e. The summed E-state index contributed by atoms with van der Waals surface area (Å²) in [5.74, 6) is 0.299. The van der Waals surface area contributed by atoms with Crippen LogP contribution in [0.1, 0.15) is 0 Å². The van der Waals surface area contributed by atoms with Gasteiger partial charge in [-0.15, -0.1) is 0 Å². The topological polar surface area (TPSA) is 49.4 Å². The van der Waals surface area contributed by atoms with Crippen LogP contribution in [0.2, 0.25) is 0 Å². The van der Waals surface area contributed by atoms with Gasteiger partial charge < -0.3 is 9.29 Å². The Morgan fingerprint density at radius 1 is 1.50 bits per heavy atom. The standard InChI is InChI=1S/C8H7O3S/c1-12(10)8-5-3-2-4-7(8)11-6-9/h2-5H,1H3. The van der Waals surface area contributed by atoms with Crippen LogP contribution < -0.4 is 4.74 Å². The summed E-state index contributed by atoms with van der Waals surface area (Å²) in [5, 5.41) is 0. The first kappa shape index (κ1) is 9.09. The summed E-state index contributed by atoms with van der Waals surface area (Å²) in [4.78, 5) is 10.4. The first-order chi connectivity index (χ1) is 5.75. The van der Waals surface area contributed by atoms with Crippen LogP contribution in [0, 0.1) is 0 Å². The molecular weight excluding hydrogens is 176 g/mol. The van der Waals surface area contributed by atoms with Crippen LogP contribution in [0.4, 0.5) is 0 Å². The average molecular weight is 183 g/mol. The molecular formula is C8H7O3S. The zero-order valence-electron chi connectivity index (χ0n) is 6.44. The van der Waals surface area contributed by atoms with E-state index in [4.69, 9.17) is 0 Å². The highest BCUT2D eigenvalue weighted by Gasteiger charge is 2.11. The summed E-state index contributed by atoms with van der Waals surface area (Å²) in [6.45, 7) is 1.29. The van der Waals surface area contributed by atoms with Crippen LogP contribution in [0.15, 0.2) is 29.2 Å². The van der Waals surface area contributed by atoms with Gasteiger partial charge in [0.05, 0.1) is 0 Å². The van der Waals surface area contributed by atoms with E-state index in [-0.39, 0.29) is 0 Å². The van der Waals surface area contributed by atoms with E-state index in [1.165, 1.54) is 12.7 Å². The molecule has 1 unspecified atom stereocenters. The molecule has 0 fully saturated rings. The second kappa shape index (κ2) is 4.13. The van der Waals surface area contributed by atoms with Crippen molar-refractivity contribution in [2.24, 2.45) is 0 Å². The summed E-state index contributed by atoms with van der Waals surface area (Å²) in [5.41, 5.74) is 0. The second-order valence-electron chi connectivity index (χ2n) is 2.09. The zero-order chi connectivity index (χ0) is 8.97.